The zero-order valence-electron chi connectivity index (χ0n) is 10.7. The molecule has 0 aliphatic rings. The second kappa shape index (κ2) is 8.22. The number of carbonyl (C=O) groups is 2. The molecule has 1 rings (SSSR count). The quantitative estimate of drug-likeness (QED) is 0.538. The monoisotopic (exact) mass is 309 g/mol. The lowest BCUT2D eigenvalue weighted by Gasteiger charge is -2.08. The van der Waals surface area contributed by atoms with E-state index in [1.54, 1.807) is 0 Å². The van der Waals surface area contributed by atoms with E-state index in [0.717, 1.165) is 6.07 Å². The van der Waals surface area contributed by atoms with Crippen molar-refractivity contribution in [2.24, 2.45) is 0 Å². The van der Waals surface area contributed by atoms with Crippen molar-refractivity contribution >= 4 is 22.1 Å². The topological polar surface area (TPSA) is 180 Å². The van der Waals surface area contributed by atoms with Crippen LogP contribution in [-0.2, 0) is 10.1 Å². The number of aromatic carboxylic acids is 2. The molecule has 0 atom stereocenters. The van der Waals surface area contributed by atoms with Gasteiger partial charge in [0.25, 0.3) is 0 Å². The number of quaternary nitrogens is 1. The molecule has 0 saturated heterocycles. The Morgan fingerprint density at radius 1 is 1.05 bits per heavy atom. The molecule has 0 bridgehead atoms. The number of carboxylic acid groups (broad SMARTS) is 2. The fourth-order valence-electron chi connectivity index (χ4n) is 0.990. The van der Waals surface area contributed by atoms with Crippen LogP contribution in [0.2, 0.25) is 0 Å². The third kappa shape index (κ3) is 6.24. The van der Waals surface area contributed by atoms with Crippen LogP contribution < -0.4 is 5.32 Å². The molecule has 0 aliphatic carbocycles. The minimum atomic E-state index is -4.89. The summed E-state index contributed by atoms with van der Waals surface area (Å²) >= 11 is 0. The first-order valence-electron chi connectivity index (χ1n) is 4.95. The zero-order valence-corrected chi connectivity index (χ0v) is 11.5. The van der Waals surface area contributed by atoms with E-state index in [0.29, 0.717) is 12.1 Å². The summed E-state index contributed by atoms with van der Waals surface area (Å²) in [5.41, 5.74) is -1.15. The number of hydrogen-bond acceptors (Lipinski definition) is 5. The van der Waals surface area contributed by atoms with Crippen LogP contribution in [0, 0.1) is 0 Å². The molecule has 1 aromatic carbocycles. The van der Waals surface area contributed by atoms with Crippen molar-refractivity contribution in [3.05, 3.63) is 29.3 Å². The molecule has 20 heavy (non-hydrogen) atoms. The molecule has 0 fully saturated rings. The molecular weight excluding hydrogens is 294 g/mol. The van der Waals surface area contributed by atoms with E-state index in [9.17, 15) is 22.6 Å². The van der Waals surface area contributed by atoms with Crippen molar-refractivity contribution < 1.29 is 43.6 Å². The molecule has 0 spiro atoms. The number of benzene rings is 1. The van der Waals surface area contributed by atoms with Crippen LogP contribution in [0.5, 0.6) is 0 Å². The molecular formula is C10H15NO8S. The third-order valence-corrected chi connectivity index (χ3v) is 2.50. The van der Waals surface area contributed by atoms with Crippen molar-refractivity contribution in [2.45, 2.75) is 4.90 Å². The molecule has 0 saturated carbocycles. The summed E-state index contributed by atoms with van der Waals surface area (Å²) in [6.45, 7) is 0. The maximum atomic E-state index is 10.6. The van der Waals surface area contributed by atoms with Crippen molar-refractivity contribution in [3.8, 4) is 0 Å². The maximum Gasteiger partial charge on any atom is 0.335 e. The second-order valence-electron chi connectivity index (χ2n) is 3.39. The molecule has 9 nitrogen and oxygen atoms in total. The smallest absolute Gasteiger partial charge is 0.335 e. The van der Waals surface area contributed by atoms with Crippen LogP contribution in [0.1, 0.15) is 20.7 Å². The van der Waals surface area contributed by atoms with E-state index in [2.05, 4.69) is 0 Å². The van der Waals surface area contributed by atoms with E-state index in [1.165, 1.54) is 0 Å². The Labute approximate surface area is 114 Å². The van der Waals surface area contributed by atoms with Crippen LogP contribution in [0.4, 0.5) is 0 Å². The van der Waals surface area contributed by atoms with Gasteiger partial charge in [0.2, 0.25) is 0 Å². The van der Waals surface area contributed by atoms with Gasteiger partial charge in [-0.05, 0) is 18.2 Å². The average Bonchev–Trinajstić information content (AvgIpc) is 2.28. The van der Waals surface area contributed by atoms with E-state index in [1.807, 2.05) is 19.4 Å². The largest absolute Gasteiger partial charge is 0.744 e. The highest BCUT2D eigenvalue weighted by Crippen LogP contribution is 2.15. The maximum absolute atomic E-state index is 10.6. The van der Waals surface area contributed by atoms with E-state index < -0.39 is 38.1 Å². The number of nitrogens with two attached hydrogens (primary N) is 1. The van der Waals surface area contributed by atoms with Crippen LogP contribution in [0.3, 0.4) is 0 Å². The standard InChI is InChI=1S/C8H6O7S.C2H7N.H2O/c9-7(10)4-1-5(8(11)12)3-6(2-4)16(13,14)15;1-3-2;/h1-3H,(H,9,10)(H,11,12)(H,13,14,15);3H,1-2H3;1H2. The van der Waals surface area contributed by atoms with Crippen LogP contribution >= 0.6 is 0 Å². The Balaban J connectivity index is 0. The molecule has 0 unspecified atom stereocenters. The molecule has 114 valence electrons. The highest BCUT2D eigenvalue weighted by Gasteiger charge is 2.13. The number of hydrogen-bond donors (Lipinski definition) is 3. The summed E-state index contributed by atoms with van der Waals surface area (Å²) in [6.07, 6.45) is 0. The highest BCUT2D eigenvalue weighted by molar-refractivity contribution is 7.85. The van der Waals surface area contributed by atoms with Gasteiger partial charge in [-0.15, -0.1) is 0 Å². The number of carboxylic acids is 2. The Hall–Kier alpha value is -2.01. The Morgan fingerprint density at radius 3 is 1.55 bits per heavy atom. The van der Waals surface area contributed by atoms with Gasteiger partial charge in [-0.2, -0.15) is 0 Å². The first kappa shape index (κ1) is 20.3. The fraction of sp³-hybridized carbons (Fsp3) is 0.200. The van der Waals surface area contributed by atoms with E-state index >= 15 is 0 Å². The lowest BCUT2D eigenvalue weighted by Crippen LogP contribution is -2.74. The van der Waals surface area contributed by atoms with Gasteiger partial charge in [-0.1, -0.05) is 0 Å². The molecule has 0 radical (unpaired) electrons. The summed E-state index contributed by atoms with van der Waals surface area (Å²) in [5.74, 6) is -3.04. The lowest BCUT2D eigenvalue weighted by molar-refractivity contribution is -0.597. The highest BCUT2D eigenvalue weighted by atomic mass is 32.2. The van der Waals surface area contributed by atoms with Crippen molar-refractivity contribution in [1.82, 2.24) is 0 Å². The summed E-state index contributed by atoms with van der Waals surface area (Å²) in [6, 6.07) is 1.98. The average molecular weight is 309 g/mol. The second-order valence-corrected chi connectivity index (χ2v) is 4.77. The predicted molar refractivity (Wildman–Crippen MR) is 65.7 cm³/mol. The minimum absolute atomic E-state index is 0. The van der Waals surface area contributed by atoms with Gasteiger partial charge in [0.1, 0.15) is 10.1 Å². The molecule has 0 amide bonds. The summed E-state index contributed by atoms with van der Waals surface area (Å²) < 4.78 is 31.9. The van der Waals surface area contributed by atoms with E-state index in [4.69, 9.17) is 10.2 Å². The van der Waals surface area contributed by atoms with Crippen molar-refractivity contribution in [2.75, 3.05) is 14.1 Å². The van der Waals surface area contributed by atoms with Gasteiger partial charge in [-0.25, -0.2) is 18.0 Å². The predicted octanol–water partition coefficient (Wildman–Crippen LogP) is -2.03. The van der Waals surface area contributed by atoms with Gasteiger partial charge < -0.3 is 25.6 Å². The molecule has 10 heteroatoms. The normalized spacial score (nSPS) is 9.75. The van der Waals surface area contributed by atoms with Gasteiger partial charge in [0.05, 0.1) is 30.1 Å². The van der Waals surface area contributed by atoms with Gasteiger partial charge in [0, 0.05) is 0 Å². The molecule has 6 N–H and O–H groups in total. The van der Waals surface area contributed by atoms with Gasteiger partial charge in [-0.3, -0.25) is 0 Å². The third-order valence-electron chi connectivity index (χ3n) is 1.69. The summed E-state index contributed by atoms with van der Waals surface area (Å²) in [5, 5.41) is 19.2. The zero-order chi connectivity index (χ0) is 15.2. The number of rotatable bonds is 3. The van der Waals surface area contributed by atoms with Crippen molar-refractivity contribution in [3.63, 3.8) is 0 Å². The fourth-order valence-corrected chi connectivity index (χ4v) is 1.53. The first-order chi connectivity index (χ1) is 8.63. The van der Waals surface area contributed by atoms with Crippen molar-refractivity contribution in [1.29, 1.82) is 0 Å². The molecule has 0 aromatic heterocycles. The Bertz CT molecular complexity index is 549. The van der Waals surface area contributed by atoms with Gasteiger partial charge >= 0.3 is 11.9 Å². The first-order valence-corrected chi connectivity index (χ1v) is 6.35. The van der Waals surface area contributed by atoms with Crippen LogP contribution in [0.15, 0.2) is 23.1 Å². The molecule has 0 aliphatic heterocycles. The Kier molecular flexibility index (Phi) is 8.35. The SMILES string of the molecule is C[NH2+]C.O.O=C(O)c1cc(C(=O)O)cc(S(=O)(=O)[O-])c1. The molecule has 0 heterocycles. The van der Waals surface area contributed by atoms with Crippen LogP contribution in [0.25, 0.3) is 0 Å². The van der Waals surface area contributed by atoms with Gasteiger partial charge in [0.15, 0.2) is 0 Å². The lowest BCUT2D eigenvalue weighted by atomic mass is 10.1. The Morgan fingerprint density at radius 2 is 1.35 bits per heavy atom. The van der Waals surface area contributed by atoms with Crippen LogP contribution in [-0.4, -0.2) is 54.7 Å². The summed E-state index contributed by atoms with van der Waals surface area (Å²) in [4.78, 5) is 20.2. The van der Waals surface area contributed by atoms with E-state index in [-0.39, 0.29) is 5.48 Å². The summed E-state index contributed by atoms with van der Waals surface area (Å²) in [7, 11) is -0.892. The minimum Gasteiger partial charge on any atom is -0.744 e. The molecule has 1 aromatic rings.